The molecule has 130 valence electrons. The monoisotopic (exact) mass is 348 g/mol. The average Bonchev–Trinajstić information content (AvgIpc) is 3.13. The van der Waals surface area contributed by atoms with Crippen molar-refractivity contribution >= 4 is 5.69 Å². The van der Waals surface area contributed by atoms with E-state index >= 15 is 0 Å². The molecule has 0 saturated heterocycles. The third-order valence-corrected chi connectivity index (χ3v) is 3.69. The van der Waals surface area contributed by atoms with Crippen molar-refractivity contribution in [1.29, 1.82) is 0 Å². The first-order chi connectivity index (χ1) is 12.0. The summed E-state index contributed by atoms with van der Waals surface area (Å²) in [5.41, 5.74) is 0.412. The average molecular weight is 348 g/mol. The standard InChI is InChI=1S/C17H15F3N4O/c1-25-16-14(7-4-8-21-16)24-15(11-9-22-23-10-11)12-5-2-3-6-13(12)17(18,19)20/h2-10,15,24H,1H3,(H,22,23). The molecule has 3 aromatic rings. The van der Waals surface area contributed by atoms with Crippen LogP contribution in [-0.2, 0) is 6.18 Å². The van der Waals surface area contributed by atoms with Crippen LogP contribution in [0.4, 0.5) is 18.9 Å². The summed E-state index contributed by atoms with van der Waals surface area (Å²) in [6, 6.07) is 8.02. The van der Waals surface area contributed by atoms with Gasteiger partial charge in [0.15, 0.2) is 0 Å². The molecule has 8 heteroatoms. The number of anilines is 1. The molecular formula is C17H15F3N4O. The van der Waals surface area contributed by atoms with Gasteiger partial charge in [-0.1, -0.05) is 18.2 Å². The summed E-state index contributed by atoms with van der Waals surface area (Å²) in [4.78, 5) is 4.07. The largest absolute Gasteiger partial charge is 0.480 e. The molecule has 1 atom stereocenters. The second-order valence-corrected chi connectivity index (χ2v) is 5.25. The summed E-state index contributed by atoms with van der Waals surface area (Å²) in [6.07, 6.45) is 0.0984. The Kier molecular flexibility index (Phi) is 4.60. The van der Waals surface area contributed by atoms with Crippen molar-refractivity contribution in [2.75, 3.05) is 12.4 Å². The Morgan fingerprint density at radius 2 is 1.96 bits per heavy atom. The summed E-state index contributed by atoms with van der Waals surface area (Å²) in [5.74, 6) is 0.292. The van der Waals surface area contributed by atoms with Crippen molar-refractivity contribution in [2.45, 2.75) is 12.2 Å². The number of nitrogens with zero attached hydrogens (tertiary/aromatic N) is 2. The number of pyridine rings is 1. The number of nitrogens with one attached hydrogen (secondary N) is 2. The number of hydrogen-bond acceptors (Lipinski definition) is 4. The predicted molar refractivity (Wildman–Crippen MR) is 86.3 cm³/mol. The van der Waals surface area contributed by atoms with E-state index in [9.17, 15) is 13.2 Å². The van der Waals surface area contributed by atoms with Crippen LogP contribution in [0, 0.1) is 0 Å². The van der Waals surface area contributed by atoms with Gasteiger partial charge in [-0.2, -0.15) is 18.3 Å². The van der Waals surface area contributed by atoms with Crippen LogP contribution >= 0.6 is 0 Å². The summed E-state index contributed by atoms with van der Waals surface area (Å²) in [6.45, 7) is 0. The summed E-state index contributed by atoms with van der Waals surface area (Å²) >= 11 is 0. The van der Waals surface area contributed by atoms with Gasteiger partial charge in [0.2, 0.25) is 5.88 Å². The lowest BCUT2D eigenvalue weighted by molar-refractivity contribution is -0.138. The first-order valence-electron chi connectivity index (χ1n) is 7.41. The molecule has 0 aliphatic carbocycles. The molecule has 2 heterocycles. The normalized spacial score (nSPS) is 12.6. The molecule has 1 aromatic carbocycles. The van der Waals surface area contributed by atoms with E-state index in [2.05, 4.69) is 20.5 Å². The first kappa shape index (κ1) is 16.8. The van der Waals surface area contributed by atoms with E-state index in [4.69, 9.17) is 4.74 Å². The Morgan fingerprint density at radius 1 is 1.16 bits per heavy atom. The molecule has 3 rings (SSSR count). The van der Waals surface area contributed by atoms with E-state index in [0.29, 0.717) is 17.1 Å². The zero-order valence-corrected chi connectivity index (χ0v) is 13.2. The van der Waals surface area contributed by atoms with Crippen molar-refractivity contribution in [1.82, 2.24) is 15.2 Å². The Bertz CT molecular complexity index is 834. The number of alkyl halides is 3. The highest BCUT2D eigenvalue weighted by Crippen LogP contribution is 2.38. The molecule has 1 unspecified atom stereocenters. The molecule has 25 heavy (non-hydrogen) atoms. The second-order valence-electron chi connectivity index (χ2n) is 5.25. The molecule has 0 amide bonds. The molecule has 0 bridgehead atoms. The van der Waals surface area contributed by atoms with Gasteiger partial charge in [-0.05, 0) is 23.8 Å². The lowest BCUT2D eigenvalue weighted by Crippen LogP contribution is -2.18. The molecule has 0 fully saturated rings. The lowest BCUT2D eigenvalue weighted by Gasteiger charge is -2.23. The van der Waals surface area contributed by atoms with E-state index in [-0.39, 0.29) is 5.56 Å². The Balaban J connectivity index is 2.09. The molecule has 0 aliphatic rings. The smallest absolute Gasteiger partial charge is 0.416 e. The van der Waals surface area contributed by atoms with Gasteiger partial charge >= 0.3 is 6.18 Å². The topological polar surface area (TPSA) is 62.8 Å². The Labute approximate surface area is 141 Å². The van der Waals surface area contributed by atoms with Crippen LogP contribution in [0.25, 0.3) is 0 Å². The molecule has 0 radical (unpaired) electrons. The van der Waals surface area contributed by atoms with Crippen LogP contribution in [-0.4, -0.2) is 22.3 Å². The van der Waals surface area contributed by atoms with E-state index in [1.807, 2.05) is 0 Å². The van der Waals surface area contributed by atoms with Crippen molar-refractivity contribution in [3.63, 3.8) is 0 Å². The van der Waals surface area contributed by atoms with Crippen LogP contribution in [0.1, 0.15) is 22.7 Å². The Hall–Kier alpha value is -3.03. The Morgan fingerprint density at radius 3 is 2.64 bits per heavy atom. The highest BCUT2D eigenvalue weighted by atomic mass is 19.4. The third-order valence-electron chi connectivity index (χ3n) is 3.69. The van der Waals surface area contributed by atoms with Crippen LogP contribution in [0.2, 0.25) is 0 Å². The third kappa shape index (κ3) is 3.57. The SMILES string of the molecule is COc1ncccc1NC(c1cn[nH]c1)c1ccccc1C(F)(F)F. The number of aromatic amines is 1. The number of halogens is 3. The molecule has 0 aliphatic heterocycles. The van der Waals surface area contributed by atoms with E-state index in [1.165, 1.54) is 25.4 Å². The fraction of sp³-hybridized carbons (Fsp3) is 0.176. The van der Waals surface area contributed by atoms with E-state index in [1.54, 1.807) is 30.6 Å². The minimum absolute atomic E-state index is 0.0855. The maximum absolute atomic E-state index is 13.4. The second kappa shape index (κ2) is 6.84. The predicted octanol–water partition coefficient (Wildman–Crippen LogP) is 4.03. The van der Waals surface area contributed by atoms with Crippen molar-refractivity contribution < 1.29 is 17.9 Å². The molecule has 5 nitrogen and oxygen atoms in total. The number of methoxy groups -OCH3 is 1. The van der Waals surface area contributed by atoms with Gasteiger partial charge in [-0.15, -0.1) is 0 Å². The molecule has 2 aromatic heterocycles. The number of hydrogen-bond donors (Lipinski definition) is 2. The number of ether oxygens (including phenoxy) is 1. The van der Waals surface area contributed by atoms with E-state index in [0.717, 1.165) is 6.07 Å². The lowest BCUT2D eigenvalue weighted by atomic mass is 9.95. The van der Waals surface area contributed by atoms with Crippen LogP contribution < -0.4 is 10.1 Å². The van der Waals surface area contributed by atoms with E-state index < -0.39 is 17.8 Å². The van der Waals surface area contributed by atoms with Gasteiger partial charge in [0.05, 0.1) is 30.6 Å². The van der Waals surface area contributed by atoms with Gasteiger partial charge in [-0.3, -0.25) is 5.10 Å². The van der Waals surface area contributed by atoms with Crippen molar-refractivity contribution in [3.05, 3.63) is 71.7 Å². The van der Waals surface area contributed by atoms with Gasteiger partial charge in [0.1, 0.15) is 0 Å². The minimum atomic E-state index is -4.47. The summed E-state index contributed by atoms with van der Waals surface area (Å²) < 4.78 is 45.5. The number of aromatic nitrogens is 3. The maximum Gasteiger partial charge on any atom is 0.416 e. The van der Waals surface area contributed by atoms with Crippen LogP contribution in [0.5, 0.6) is 5.88 Å². The highest BCUT2D eigenvalue weighted by Gasteiger charge is 2.35. The number of rotatable bonds is 5. The number of benzene rings is 1. The molecule has 0 spiro atoms. The zero-order chi connectivity index (χ0) is 17.9. The minimum Gasteiger partial charge on any atom is -0.480 e. The highest BCUT2D eigenvalue weighted by molar-refractivity contribution is 5.56. The molecular weight excluding hydrogens is 333 g/mol. The fourth-order valence-electron chi connectivity index (χ4n) is 2.59. The van der Waals surface area contributed by atoms with Crippen LogP contribution in [0.15, 0.2) is 55.0 Å². The van der Waals surface area contributed by atoms with Gasteiger partial charge in [0, 0.05) is 18.0 Å². The molecule has 2 N–H and O–H groups in total. The molecule has 0 saturated carbocycles. The van der Waals surface area contributed by atoms with Crippen molar-refractivity contribution in [2.24, 2.45) is 0 Å². The van der Waals surface area contributed by atoms with Crippen LogP contribution in [0.3, 0.4) is 0 Å². The summed E-state index contributed by atoms with van der Waals surface area (Å²) in [5, 5.41) is 9.57. The fourth-order valence-corrected chi connectivity index (χ4v) is 2.59. The zero-order valence-electron chi connectivity index (χ0n) is 13.2. The first-order valence-corrected chi connectivity index (χ1v) is 7.41. The van der Waals surface area contributed by atoms with Gasteiger partial charge < -0.3 is 10.1 Å². The summed E-state index contributed by atoms with van der Waals surface area (Å²) in [7, 11) is 1.45. The quantitative estimate of drug-likeness (QED) is 0.731. The maximum atomic E-state index is 13.4. The van der Waals surface area contributed by atoms with Gasteiger partial charge in [-0.25, -0.2) is 4.98 Å². The van der Waals surface area contributed by atoms with Gasteiger partial charge in [0.25, 0.3) is 0 Å². The van der Waals surface area contributed by atoms with Crippen molar-refractivity contribution in [3.8, 4) is 5.88 Å². The number of H-pyrrole nitrogens is 1.